The average Bonchev–Trinajstić information content (AvgIpc) is 3.14. The largest absolute Gasteiger partial charge is 0.321 e. The van der Waals surface area contributed by atoms with Gasteiger partial charge in [-0.3, -0.25) is 4.79 Å². The number of aromatic nitrogens is 2. The van der Waals surface area contributed by atoms with E-state index in [9.17, 15) is 4.79 Å². The van der Waals surface area contributed by atoms with Crippen LogP contribution in [0.25, 0.3) is 22.4 Å². The molecule has 0 spiro atoms. The van der Waals surface area contributed by atoms with Crippen LogP contribution in [0.1, 0.15) is 31.7 Å². The number of carbonyl (C=O) groups excluding carboxylic acids is 1. The molecule has 1 saturated carbocycles. The summed E-state index contributed by atoms with van der Waals surface area (Å²) in [6.07, 6.45) is 3.27. The number of nitrogens with zero attached hydrogens (tertiary/aromatic N) is 2. The van der Waals surface area contributed by atoms with Crippen molar-refractivity contribution in [1.29, 1.82) is 0 Å². The zero-order valence-electron chi connectivity index (χ0n) is 14.5. The maximum Gasteiger partial charge on any atom is 0.222 e. The third-order valence-electron chi connectivity index (χ3n) is 4.91. The van der Waals surface area contributed by atoms with Crippen molar-refractivity contribution >= 4 is 23.1 Å². The van der Waals surface area contributed by atoms with Crippen molar-refractivity contribution in [2.45, 2.75) is 31.7 Å². The first kappa shape index (κ1) is 16.9. The van der Waals surface area contributed by atoms with Crippen LogP contribution in [-0.2, 0) is 10.3 Å². The number of benzene rings is 1. The summed E-state index contributed by atoms with van der Waals surface area (Å²) < 4.78 is 0. The molecule has 0 saturated heterocycles. The summed E-state index contributed by atoms with van der Waals surface area (Å²) in [6, 6.07) is 12.2. The highest BCUT2D eigenvalue weighted by Crippen LogP contribution is 2.40. The molecule has 0 unspecified atom stereocenters. The van der Waals surface area contributed by atoms with E-state index in [0.29, 0.717) is 5.82 Å². The van der Waals surface area contributed by atoms with Gasteiger partial charge in [0.1, 0.15) is 5.69 Å². The average molecular weight is 364 g/mol. The van der Waals surface area contributed by atoms with E-state index in [0.717, 1.165) is 35.2 Å². The van der Waals surface area contributed by atoms with Gasteiger partial charge < -0.3 is 11.1 Å². The second kappa shape index (κ2) is 6.63. The van der Waals surface area contributed by atoms with Crippen LogP contribution in [0.3, 0.4) is 0 Å². The van der Waals surface area contributed by atoms with E-state index in [-0.39, 0.29) is 11.4 Å². The molecule has 4 rings (SSSR count). The maximum atomic E-state index is 11.3. The van der Waals surface area contributed by atoms with Gasteiger partial charge in [-0.15, -0.1) is 10.2 Å². The summed E-state index contributed by atoms with van der Waals surface area (Å²) in [5, 5.41) is 15.3. The lowest BCUT2D eigenvalue weighted by atomic mass is 9.72. The Labute approximate surface area is 156 Å². The molecule has 1 aromatic carbocycles. The minimum atomic E-state index is -0.171. The highest BCUT2D eigenvalue weighted by Gasteiger charge is 2.34. The molecule has 1 fully saturated rings. The Morgan fingerprint density at radius 3 is 2.50 bits per heavy atom. The second-order valence-electron chi connectivity index (χ2n) is 6.77. The fourth-order valence-corrected chi connectivity index (χ4v) is 3.95. The highest BCUT2D eigenvalue weighted by atomic mass is 32.1. The molecule has 0 bridgehead atoms. The van der Waals surface area contributed by atoms with E-state index in [1.54, 1.807) is 11.3 Å². The molecule has 26 heavy (non-hydrogen) atoms. The molecule has 6 heteroatoms. The van der Waals surface area contributed by atoms with Crippen LogP contribution in [0.4, 0.5) is 5.82 Å². The Bertz CT molecular complexity index is 931. The topological polar surface area (TPSA) is 80.9 Å². The van der Waals surface area contributed by atoms with E-state index in [1.165, 1.54) is 18.9 Å². The molecule has 0 atom stereocenters. The van der Waals surface area contributed by atoms with Crippen molar-refractivity contribution in [3.05, 3.63) is 52.7 Å². The van der Waals surface area contributed by atoms with Crippen LogP contribution < -0.4 is 11.1 Å². The summed E-state index contributed by atoms with van der Waals surface area (Å²) in [7, 11) is 0. The van der Waals surface area contributed by atoms with Crippen molar-refractivity contribution < 1.29 is 4.79 Å². The van der Waals surface area contributed by atoms with Gasteiger partial charge in [-0.1, -0.05) is 24.3 Å². The first-order chi connectivity index (χ1) is 12.5. The summed E-state index contributed by atoms with van der Waals surface area (Å²) in [4.78, 5) is 11.3. The van der Waals surface area contributed by atoms with Gasteiger partial charge in [0.25, 0.3) is 0 Å². The number of hydrogen-bond donors (Lipinski definition) is 2. The molecule has 3 N–H and O–H groups in total. The van der Waals surface area contributed by atoms with E-state index < -0.39 is 0 Å². The first-order valence-corrected chi connectivity index (χ1v) is 9.57. The fraction of sp³-hybridized carbons (Fsp3) is 0.250. The number of amides is 1. The zero-order valence-corrected chi connectivity index (χ0v) is 15.3. The monoisotopic (exact) mass is 364 g/mol. The molecular formula is C20H20N4OS. The number of nitrogens with two attached hydrogens (primary N) is 1. The van der Waals surface area contributed by atoms with Crippen LogP contribution in [0.15, 0.2) is 47.2 Å². The predicted molar refractivity (Wildman–Crippen MR) is 105 cm³/mol. The Morgan fingerprint density at radius 1 is 1.15 bits per heavy atom. The van der Waals surface area contributed by atoms with Crippen molar-refractivity contribution in [3.63, 3.8) is 0 Å². The van der Waals surface area contributed by atoms with E-state index >= 15 is 0 Å². The predicted octanol–water partition coefficient (Wildman–Crippen LogP) is 4.17. The summed E-state index contributed by atoms with van der Waals surface area (Å²) >= 11 is 1.62. The Kier molecular flexibility index (Phi) is 4.30. The third-order valence-corrected chi connectivity index (χ3v) is 5.59. The molecule has 1 aliphatic carbocycles. The summed E-state index contributed by atoms with van der Waals surface area (Å²) in [6.45, 7) is 1.46. The quantitative estimate of drug-likeness (QED) is 0.728. The van der Waals surface area contributed by atoms with Gasteiger partial charge in [-0.25, -0.2) is 0 Å². The van der Waals surface area contributed by atoms with Crippen molar-refractivity contribution in [2.75, 3.05) is 5.32 Å². The van der Waals surface area contributed by atoms with Crippen LogP contribution in [-0.4, -0.2) is 16.1 Å². The molecule has 2 aromatic heterocycles. The number of nitrogens with one attached hydrogen (secondary N) is 1. The number of rotatable bonds is 4. The number of carbonyl (C=O) groups is 1. The van der Waals surface area contributed by atoms with Crippen molar-refractivity contribution in [3.8, 4) is 22.4 Å². The van der Waals surface area contributed by atoms with Gasteiger partial charge >= 0.3 is 0 Å². The standard InChI is InChI=1S/C20H20N4OS/c1-13(25)22-18-11-17(15-7-10-26-12-15)19(24-23-18)14-3-5-16(6-4-14)20(21)8-2-9-20/h3-7,10-12H,2,8-9,21H2,1H3,(H,22,23,25). The first-order valence-electron chi connectivity index (χ1n) is 8.63. The highest BCUT2D eigenvalue weighted by molar-refractivity contribution is 7.08. The third kappa shape index (κ3) is 3.13. The van der Waals surface area contributed by atoms with Gasteiger partial charge in [0.05, 0.1) is 0 Å². The molecule has 132 valence electrons. The molecule has 1 amide bonds. The molecule has 0 aliphatic heterocycles. The van der Waals surface area contributed by atoms with Crippen LogP contribution in [0, 0.1) is 0 Å². The Balaban J connectivity index is 1.74. The van der Waals surface area contributed by atoms with Gasteiger partial charge in [-0.2, -0.15) is 11.3 Å². The molecule has 5 nitrogen and oxygen atoms in total. The SMILES string of the molecule is CC(=O)Nc1cc(-c2ccsc2)c(-c2ccc(C3(N)CCC3)cc2)nn1. The summed E-state index contributed by atoms with van der Waals surface area (Å²) in [5.74, 6) is 0.288. The van der Waals surface area contributed by atoms with Gasteiger partial charge in [0, 0.05) is 23.6 Å². The van der Waals surface area contributed by atoms with Gasteiger partial charge in [0.2, 0.25) is 5.91 Å². The van der Waals surface area contributed by atoms with Crippen LogP contribution in [0.2, 0.25) is 0 Å². The lowest BCUT2D eigenvalue weighted by Gasteiger charge is -2.38. The smallest absolute Gasteiger partial charge is 0.222 e. The minimum Gasteiger partial charge on any atom is -0.321 e. The molecule has 1 aliphatic rings. The van der Waals surface area contributed by atoms with E-state index in [4.69, 9.17) is 5.73 Å². The van der Waals surface area contributed by atoms with Gasteiger partial charge in [-0.05, 0) is 53.3 Å². The number of anilines is 1. The lowest BCUT2D eigenvalue weighted by molar-refractivity contribution is -0.114. The minimum absolute atomic E-state index is 0.165. The van der Waals surface area contributed by atoms with Crippen LogP contribution >= 0.6 is 11.3 Å². The molecule has 3 aromatic rings. The number of thiophene rings is 1. The normalized spacial score (nSPS) is 15.3. The van der Waals surface area contributed by atoms with E-state index in [1.807, 2.05) is 17.5 Å². The fourth-order valence-electron chi connectivity index (χ4n) is 3.29. The molecule has 2 heterocycles. The molecule has 0 radical (unpaired) electrons. The van der Waals surface area contributed by atoms with Crippen LogP contribution in [0.5, 0.6) is 0 Å². The molecular weight excluding hydrogens is 344 g/mol. The van der Waals surface area contributed by atoms with Crippen molar-refractivity contribution in [1.82, 2.24) is 10.2 Å². The van der Waals surface area contributed by atoms with Gasteiger partial charge in [0.15, 0.2) is 5.82 Å². The zero-order chi connectivity index (χ0) is 18.1. The second-order valence-corrected chi connectivity index (χ2v) is 7.55. The number of hydrogen-bond acceptors (Lipinski definition) is 5. The van der Waals surface area contributed by atoms with Crippen molar-refractivity contribution in [2.24, 2.45) is 5.73 Å². The Morgan fingerprint density at radius 2 is 1.92 bits per heavy atom. The van der Waals surface area contributed by atoms with E-state index in [2.05, 4.69) is 45.2 Å². The Hall–Kier alpha value is -2.57. The summed E-state index contributed by atoms with van der Waals surface area (Å²) in [5.41, 5.74) is 11.2. The lowest BCUT2D eigenvalue weighted by Crippen LogP contribution is -2.43. The maximum absolute atomic E-state index is 11.3.